The second-order valence-electron chi connectivity index (χ2n) is 6.85. The summed E-state index contributed by atoms with van der Waals surface area (Å²) in [5, 5.41) is 14.3. The van der Waals surface area contributed by atoms with Crippen molar-refractivity contribution in [1.29, 1.82) is 0 Å². The van der Waals surface area contributed by atoms with E-state index in [1.54, 1.807) is 18.3 Å². The first kappa shape index (κ1) is 16.7. The zero-order chi connectivity index (χ0) is 17.9. The normalized spacial score (nSPS) is 18.9. The van der Waals surface area contributed by atoms with Gasteiger partial charge >= 0.3 is 0 Å². The topological polar surface area (TPSA) is 75.4 Å². The molecule has 0 radical (unpaired) electrons. The molecule has 7 nitrogen and oxygen atoms in total. The maximum Gasteiger partial charge on any atom is 0.252 e. The predicted octanol–water partition coefficient (Wildman–Crippen LogP) is 1.94. The van der Waals surface area contributed by atoms with E-state index in [0.717, 1.165) is 19.5 Å². The Morgan fingerprint density at radius 1 is 1.27 bits per heavy atom. The van der Waals surface area contributed by atoms with Gasteiger partial charge < -0.3 is 5.32 Å². The lowest BCUT2D eigenvalue weighted by Crippen LogP contribution is -2.31. The van der Waals surface area contributed by atoms with E-state index in [1.807, 2.05) is 6.07 Å². The molecule has 7 heteroatoms. The molecule has 0 saturated carbocycles. The summed E-state index contributed by atoms with van der Waals surface area (Å²) in [6.45, 7) is 5.00. The lowest BCUT2D eigenvalue weighted by atomic mass is 10.1. The Morgan fingerprint density at radius 3 is 2.96 bits per heavy atom. The molecular formula is C19H22N6O. The smallest absolute Gasteiger partial charge is 0.252 e. The van der Waals surface area contributed by atoms with E-state index >= 15 is 0 Å². The van der Waals surface area contributed by atoms with Crippen LogP contribution in [0.2, 0.25) is 0 Å². The van der Waals surface area contributed by atoms with Crippen LogP contribution in [0, 0.1) is 5.92 Å². The average Bonchev–Trinajstić information content (AvgIpc) is 3.35. The zero-order valence-electron chi connectivity index (χ0n) is 14.7. The van der Waals surface area contributed by atoms with Crippen molar-refractivity contribution in [2.45, 2.75) is 19.4 Å². The molecule has 4 rings (SSSR count). The van der Waals surface area contributed by atoms with E-state index < -0.39 is 0 Å². The van der Waals surface area contributed by atoms with Gasteiger partial charge in [0.05, 0.1) is 5.56 Å². The molecule has 2 aromatic heterocycles. The van der Waals surface area contributed by atoms with Crippen LogP contribution in [0.4, 0.5) is 0 Å². The number of hydrogen-bond donors (Lipinski definition) is 1. The Labute approximate surface area is 152 Å². The molecule has 1 fully saturated rings. The van der Waals surface area contributed by atoms with Gasteiger partial charge in [0.15, 0.2) is 5.65 Å². The Hall–Kier alpha value is -2.80. The third-order valence-electron chi connectivity index (χ3n) is 5.15. The lowest BCUT2D eigenvalue weighted by molar-refractivity contribution is 0.0946. The molecule has 2 atom stereocenters. The molecule has 3 aromatic rings. The Kier molecular flexibility index (Phi) is 4.62. The molecule has 26 heavy (non-hydrogen) atoms. The maximum absolute atomic E-state index is 12.4. The van der Waals surface area contributed by atoms with Crippen molar-refractivity contribution in [2.75, 3.05) is 19.6 Å². The third-order valence-corrected chi connectivity index (χ3v) is 5.15. The maximum atomic E-state index is 12.4. The van der Waals surface area contributed by atoms with Crippen molar-refractivity contribution in [3.63, 3.8) is 0 Å². The highest BCUT2D eigenvalue weighted by molar-refractivity contribution is 5.94. The number of nitrogens with zero attached hydrogens (tertiary/aromatic N) is 5. The summed E-state index contributed by atoms with van der Waals surface area (Å²) in [6.07, 6.45) is 2.76. The number of pyridine rings is 1. The van der Waals surface area contributed by atoms with Gasteiger partial charge in [-0.25, -0.2) is 0 Å². The number of hydrogen-bond acceptors (Lipinski definition) is 5. The number of carbonyl (C=O) groups excluding carboxylic acids is 1. The number of benzene rings is 1. The van der Waals surface area contributed by atoms with Crippen LogP contribution in [0.1, 0.15) is 35.3 Å². The Balaban J connectivity index is 1.32. The van der Waals surface area contributed by atoms with E-state index in [0.29, 0.717) is 29.7 Å². The second kappa shape index (κ2) is 7.21. The summed E-state index contributed by atoms with van der Waals surface area (Å²) in [5.74, 6) is 0.388. The van der Waals surface area contributed by atoms with Crippen molar-refractivity contribution in [1.82, 2.24) is 30.3 Å². The highest BCUT2D eigenvalue weighted by Gasteiger charge is 2.27. The molecule has 1 aliphatic rings. The predicted molar refractivity (Wildman–Crippen MR) is 97.7 cm³/mol. The summed E-state index contributed by atoms with van der Waals surface area (Å²) in [6, 6.07) is 14.5. The minimum Gasteiger partial charge on any atom is -0.352 e. The van der Waals surface area contributed by atoms with Crippen molar-refractivity contribution in [3.8, 4) is 0 Å². The fourth-order valence-corrected chi connectivity index (χ4v) is 3.54. The van der Waals surface area contributed by atoms with Gasteiger partial charge in [-0.2, -0.15) is 4.52 Å². The first-order valence-corrected chi connectivity index (χ1v) is 8.95. The van der Waals surface area contributed by atoms with Crippen LogP contribution >= 0.6 is 0 Å². The van der Waals surface area contributed by atoms with E-state index in [9.17, 15) is 4.79 Å². The van der Waals surface area contributed by atoms with Crippen LogP contribution in [-0.4, -0.2) is 50.5 Å². The van der Waals surface area contributed by atoms with Crippen molar-refractivity contribution in [3.05, 3.63) is 59.8 Å². The van der Waals surface area contributed by atoms with E-state index in [2.05, 4.69) is 56.9 Å². The molecule has 1 N–H and O–H groups in total. The first-order valence-electron chi connectivity index (χ1n) is 8.95. The van der Waals surface area contributed by atoms with Crippen molar-refractivity contribution >= 4 is 11.6 Å². The van der Waals surface area contributed by atoms with E-state index in [1.165, 1.54) is 10.1 Å². The number of carbonyl (C=O) groups is 1. The highest BCUT2D eigenvalue weighted by Crippen LogP contribution is 2.26. The molecule has 0 bridgehead atoms. The number of aromatic nitrogens is 4. The second-order valence-corrected chi connectivity index (χ2v) is 6.85. The summed E-state index contributed by atoms with van der Waals surface area (Å²) in [7, 11) is 0. The number of tetrazole rings is 1. The van der Waals surface area contributed by atoms with E-state index in [-0.39, 0.29) is 5.91 Å². The van der Waals surface area contributed by atoms with Gasteiger partial charge in [-0.3, -0.25) is 9.69 Å². The van der Waals surface area contributed by atoms with Crippen molar-refractivity contribution < 1.29 is 4.79 Å². The SMILES string of the molecule is CC(c1ccccc1)N1CCC(CNC(=O)c2ccc3nnnn3c2)C1. The summed E-state index contributed by atoms with van der Waals surface area (Å²) in [4.78, 5) is 14.9. The fourth-order valence-electron chi connectivity index (χ4n) is 3.54. The molecule has 0 aliphatic carbocycles. The van der Waals surface area contributed by atoms with Gasteiger partial charge in [0.1, 0.15) is 0 Å². The number of nitrogens with one attached hydrogen (secondary N) is 1. The van der Waals surface area contributed by atoms with Crippen LogP contribution in [0.15, 0.2) is 48.7 Å². The van der Waals surface area contributed by atoms with Crippen molar-refractivity contribution in [2.24, 2.45) is 5.92 Å². The fraction of sp³-hybridized carbons (Fsp3) is 0.368. The number of amides is 1. The van der Waals surface area contributed by atoms with Gasteiger partial charge in [0.2, 0.25) is 0 Å². The number of rotatable bonds is 5. The van der Waals surface area contributed by atoms with E-state index in [4.69, 9.17) is 0 Å². The van der Waals surface area contributed by atoms with Gasteiger partial charge in [-0.05, 0) is 53.9 Å². The molecule has 1 saturated heterocycles. The number of fused-ring (bicyclic) bond motifs is 1. The minimum absolute atomic E-state index is 0.0862. The van der Waals surface area contributed by atoms with Gasteiger partial charge in [0, 0.05) is 25.3 Å². The minimum atomic E-state index is -0.0862. The lowest BCUT2D eigenvalue weighted by Gasteiger charge is -2.24. The van der Waals surface area contributed by atoms with Gasteiger partial charge in [0.25, 0.3) is 5.91 Å². The van der Waals surface area contributed by atoms with Crippen LogP contribution in [-0.2, 0) is 0 Å². The van der Waals surface area contributed by atoms with Gasteiger partial charge in [-0.15, -0.1) is 5.10 Å². The average molecular weight is 350 g/mol. The van der Waals surface area contributed by atoms with Crippen LogP contribution in [0.25, 0.3) is 5.65 Å². The first-order chi connectivity index (χ1) is 12.7. The molecule has 1 aromatic carbocycles. The Morgan fingerprint density at radius 2 is 2.12 bits per heavy atom. The zero-order valence-corrected chi connectivity index (χ0v) is 14.7. The number of likely N-dealkylation sites (tertiary alicyclic amines) is 1. The molecular weight excluding hydrogens is 328 g/mol. The molecule has 1 aliphatic heterocycles. The highest BCUT2D eigenvalue weighted by atomic mass is 16.1. The van der Waals surface area contributed by atoms with Gasteiger partial charge in [-0.1, -0.05) is 30.3 Å². The third kappa shape index (κ3) is 3.43. The largest absolute Gasteiger partial charge is 0.352 e. The van der Waals surface area contributed by atoms with Crippen LogP contribution in [0.5, 0.6) is 0 Å². The summed E-state index contributed by atoms with van der Waals surface area (Å²) < 4.78 is 1.51. The molecule has 1 amide bonds. The molecule has 0 spiro atoms. The quantitative estimate of drug-likeness (QED) is 0.761. The monoisotopic (exact) mass is 350 g/mol. The summed E-state index contributed by atoms with van der Waals surface area (Å²) >= 11 is 0. The standard InChI is InChI=1S/C19H22N6O/c1-14(16-5-3-2-4-6-16)24-10-9-15(12-24)11-20-19(26)17-7-8-18-21-22-23-25(18)13-17/h2-8,13-15H,9-12H2,1H3,(H,20,26). The molecule has 2 unspecified atom stereocenters. The van der Waals surface area contributed by atoms with Crippen LogP contribution < -0.4 is 5.32 Å². The summed E-state index contributed by atoms with van der Waals surface area (Å²) in [5.41, 5.74) is 2.53. The van der Waals surface area contributed by atoms with Crippen LogP contribution in [0.3, 0.4) is 0 Å². The molecule has 3 heterocycles. The Bertz CT molecular complexity index is 893. The molecule has 134 valence electrons.